The Morgan fingerprint density at radius 1 is 1.19 bits per heavy atom. The molecule has 4 aromatic rings. The summed E-state index contributed by atoms with van der Waals surface area (Å²) < 4.78 is 3.26. The number of carbonyl (C=O) groups excluding carboxylic acids is 1. The Balaban J connectivity index is 1.33. The van der Waals surface area contributed by atoms with Gasteiger partial charge in [-0.1, -0.05) is 30.3 Å². The van der Waals surface area contributed by atoms with Crippen LogP contribution in [0.2, 0.25) is 0 Å². The Morgan fingerprint density at radius 3 is 2.89 bits per heavy atom. The van der Waals surface area contributed by atoms with E-state index in [0.29, 0.717) is 18.0 Å². The van der Waals surface area contributed by atoms with Crippen LogP contribution in [0.5, 0.6) is 0 Å². The van der Waals surface area contributed by atoms with Crippen molar-refractivity contribution in [2.75, 3.05) is 6.54 Å². The molecule has 0 aliphatic carbocycles. The molecule has 1 aromatic carbocycles. The molecule has 1 amide bonds. The predicted molar refractivity (Wildman–Crippen MR) is 100 cm³/mol. The average molecular weight is 361 g/mol. The number of aryl methyl sites for hydroxylation is 2. The summed E-state index contributed by atoms with van der Waals surface area (Å²) in [5.41, 5.74) is 3.37. The fraction of sp³-hybridized carbons (Fsp3) is 0.211. The van der Waals surface area contributed by atoms with Crippen LogP contribution < -0.4 is 5.32 Å². The number of benzene rings is 1. The molecule has 0 aliphatic rings. The quantitative estimate of drug-likeness (QED) is 0.530. The Labute approximate surface area is 155 Å². The standard InChI is InChI=1S/C19H19N7O/c1-25-17(10-16(24-25)15-7-3-2-4-8-15)18(27)20-9-5-6-14-11-21-19-22-13-23-26(19)12-14/h2-4,7-8,10-13H,5-6,9H2,1H3,(H,20,27). The summed E-state index contributed by atoms with van der Waals surface area (Å²) >= 11 is 0. The second-order valence-electron chi connectivity index (χ2n) is 6.23. The molecule has 0 fully saturated rings. The lowest BCUT2D eigenvalue weighted by Gasteiger charge is -2.05. The SMILES string of the molecule is Cn1nc(-c2ccccc2)cc1C(=O)NCCCc1cnc2ncnn2c1. The van der Waals surface area contributed by atoms with Gasteiger partial charge in [-0.3, -0.25) is 9.48 Å². The smallest absolute Gasteiger partial charge is 0.269 e. The number of hydrogen-bond donors (Lipinski definition) is 1. The third-order valence-corrected chi connectivity index (χ3v) is 4.30. The predicted octanol–water partition coefficient (Wildman–Crippen LogP) is 1.89. The van der Waals surface area contributed by atoms with Crippen LogP contribution in [0.1, 0.15) is 22.5 Å². The maximum Gasteiger partial charge on any atom is 0.269 e. The minimum absolute atomic E-state index is 0.128. The normalized spacial score (nSPS) is 11.0. The van der Waals surface area contributed by atoms with Crippen molar-refractivity contribution in [2.45, 2.75) is 12.8 Å². The van der Waals surface area contributed by atoms with Gasteiger partial charge in [0.05, 0.1) is 5.69 Å². The highest BCUT2D eigenvalue weighted by Crippen LogP contribution is 2.18. The van der Waals surface area contributed by atoms with Crippen LogP contribution in [-0.4, -0.2) is 41.8 Å². The third-order valence-electron chi connectivity index (χ3n) is 4.30. The van der Waals surface area contributed by atoms with Gasteiger partial charge < -0.3 is 5.32 Å². The van der Waals surface area contributed by atoms with Crippen LogP contribution in [0.25, 0.3) is 17.0 Å². The van der Waals surface area contributed by atoms with Crippen molar-refractivity contribution < 1.29 is 4.79 Å². The number of carbonyl (C=O) groups is 1. The minimum Gasteiger partial charge on any atom is -0.351 e. The average Bonchev–Trinajstić information content (AvgIpc) is 3.32. The van der Waals surface area contributed by atoms with E-state index in [2.05, 4.69) is 25.5 Å². The lowest BCUT2D eigenvalue weighted by molar-refractivity contribution is 0.0944. The van der Waals surface area contributed by atoms with Gasteiger partial charge in [0.1, 0.15) is 12.0 Å². The van der Waals surface area contributed by atoms with Crippen molar-refractivity contribution in [3.05, 3.63) is 66.4 Å². The van der Waals surface area contributed by atoms with Crippen LogP contribution in [0.15, 0.2) is 55.1 Å². The van der Waals surface area contributed by atoms with E-state index in [-0.39, 0.29) is 5.91 Å². The maximum absolute atomic E-state index is 12.5. The van der Waals surface area contributed by atoms with Crippen molar-refractivity contribution in [2.24, 2.45) is 7.05 Å². The number of nitrogens with zero attached hydrogens (tertiary/aromatic N) is 6. The lowest BCUT2D eigenvalue weighted by atomic mass is 10.1. The number of amides is 1. The van der Waals surface area contributed by atoms with Crippen LogP contribution in [-0.2, 0) is 13.5 Å². The monoisotopic (exact) mass is 361 g/mol. The van der Waals surface area contributed by atoms with Crippen LogP contribution in [0.4, 0.5) is 0 Å². The first-order chi connectivity index (χ1) is 13.2. The first kappa shape index (κ1) is 16.9. The van der Waals surface area contributed by atoms with E-state index in [1.807, 2.05) is 42.6 Å². The Bertz CT molecular complexity index is 1070. The van der Waals surface area contributed by atoms with Gasteiger partial charge in [-0.05, 0) is 24.5 Å². The second-order valence-corrected chi connectivity index (χ2v) is 6.23. The summed E-state index contributed by atoms with van der Waals surface area (Å²) in [7, 11) is 1.78. The van der Waals surface area contributed by atoms with Crippen molar-refractivity contribution >= 4 is 11.7 Å². The Hall–Kier alpha value is -3.55. The van der Waals surface area contributed by atoms with E-state index in [0.717, 1.165) is 29.7 Å². The number of hydrogen-bond acceptors (Lipinski definition) is 5. The van der Waals surface area contributed by atoms with Crippen molar-refractivity contribution in [1.82, 2.24) is 34.7 Å². The zero-order valence-corrected chi connectivity index (χ0v) is 14.9. The van der Waals surface area contributed by atoms with Gasteiger partial charge in [0, 0.05) is 31.5 Å². The maximum atomic E-state index is 12.5. The van der Waals surface area contributed by atoms with Gasteiger partial charge in [-0.2, -0.15) is 15.2 Å². The molecule has 0 spiro atoms. The number of rotatable bonds is 6. The molecule has 1 N–H and O–H groups in total. The molecule has 0 atom stereocenters. The van der Waals surface area contributed by atoms with Gasteiger partial charge in [0.15, 0.2) is 0 Å². The van der Waals surface area contributed by atoms with Crippen molar-refractivity contribution in [3.63, 3.8) is 0 Å². The van der Waals surface area contributed by atoms with Gasteiger partial charge >= 0.3 is 0 Å². The van der Waals surface area contributed by atoms with Gasteiger partial charge in [0.2, 0.25) is 0 Å². The molecule has 4 rings (SSSR count). The van der Waals surface area contributed by atoms with Crippen molar-refractivity contribution in [3.8, 4) is 11.3 Å². The fourth-order valence-corrected chi connectivity index (χ4v) is 2.90. The molecule has 8 heteroatoms. The summed E-state index contributed by atoms with van der Waals surface area (Å²) in [6.07, 6.45) is 6.77. The molecule has 27 heavy (non-hydrogen) atoms. The highest BCUT2D eigenvalue weighted by atomic mass is 16.2. The van der Waals surface area contributed by atoms with Crippen LogP contribution in [0.3, 0.4) is 0 Å². The van der Waals surface area contributed by atoms with E-state index in [4.69, 9.17) is 0 Å². The highest BCUT2D eigenvalue weighted by molar-refractivity contribution is 5.93. The first-order valence-electron chi connectivity index (χ1n) is 8.72. The lowest BCUT2D eigenvalue weighted by Crippen LogP contribution is -2.26. The Kier molecular flexibility index (Phi) is 4.61. The molecule has 0 aliphatic heterocycles. The zero-order chi connectivity index (χ0) is 18.6. The number of aromatic nitrogens is 6. The van der Waals surface area contributed by atoms with E-state index in [1.54, 1.807) is 22.4 Å². The minimum atomic E-state index is -0.128. The molecule has 0 unspecified atom stereocenters. The fourth-order valence-electron chi connectivity index (χ4n) is 2.90. The summed E-state index contributed by atoms with van der Waals surface area (Å²) in [5, 5.41) is 11.5. The van der Waals surface area contributed by atoms with Crippen LogP contribution >= 0.6 is 0 Å². The molecule has 3 aromatic heterocycles. The van der Waals surface area contributed by atoms with E-state index < -0.39 is 0 Å². The molecular formula is C19H19N7O. The molecule has 0 bridgehead atoms. The number of fused-ring (bicyclic) bond motifs is 1. The summed E-state index contributed by atoms with van der Waals surface area (Å²) in [5.74, 6) is 0.453. The second kappa shape index (κ2) is 7.36. The molecule has 0 saturated carbocycles. The summed E-state index contributed by atoms with van der Waals surface area (Å²) in [4.78, 5) is 20.7. The zero-order valence-electron chi connectivity index (χ0n) is 14.9. The third kappa shape index (κ3) is 3.69. The topological polar surface area (TPSA) is 90.0 Å². The van der Waals surface area contributed by atoms with Gasteiger partial charge in [-0.25, -0.2) is 9.50 Å². The molecular weight excluding hydrogens is 342 g/mol. The molecule has 8 nitrogen and oxygen atoms in total. The summed E-state index contributed by atoms with van der Waals surface area (Å²) in [6.45, 7) is 0.570. The summed E-state index contributed by atoms with van der Waals surface area (Å²) in [6, 6.07) is 11.6. The Morgan fingerprint density at radius 2 is 2.04 bits per heavy atom. The molecule has 0 radical (unpaired) electrons. The van der Waals surface area contributed by atoms with Crippen LogP contribution in [0, 0.1) is 0 Å². The van der Waals surface area contributed by atoms with E-state index in [9.17, 15) is 4.79 Å². The van der Waals surface area contributed by atoms with Gasteiger partial charge in [-0.15, -0.1) is 0 Å². The van der Waals surface area contributed by atoms with E-state index in [1.165, 1.54) is 6.33 Å². The van der Waals surface area contributed by atoms with Crippen molar-refractivity contribution in [1.29, 1.82) is 0 Å². The molecule has 0 saturated heterocycles. The van der Waals surface area contributed by atoms with E-state index >= 15 is 0 Å². The first-order valence-corrected chi connectivity index (χ1v) is 8.72. The van der Waals surface area contributed by atoms with Gasteiger partial charge in [0.25, 0.3) is 11.7 Å². The molecule has 136 valence electrons. The molecule has 3 heterocycles. The largest absolute Gasteiger partial charge is 0.351 e. The highest BCUT2D eigenvalue weighted by Gasteiger charge is 2.13. The number of nitrogens with one attached hydrogen (secondary N) is 1.